The van der Waals surface area contributed by atoms with Crippen molar-refractivity contribution in [3.05, 3.63) is 10.4 Å². The van der Waals surface area contributed by atoms with Crippen molar-refractivity contribution in [2.75, 3.05) is 17.2 Å². The molecule has 0 bridgehead atoms. The monoisotopic (exact) mass is 245 g/mol. The Morgan fingerprint density at radius 2 is 1.56 bits per heavy atom. The number of nitrogen functional groups attached to an aromatic ring is 3. The highest BCUT2D eigenvalue weighted by Crippen LogP contribution is 2.16. The molecule has 7 N–H and O–H groups in total. The highest BCUT2D eigenvalue weighted by Gasteiger charge is 2.11. The fraction of sp³-hybridized carbons (Fsp3) is 0. The smallest absolute Gasteiger partial charge is 0.280 e. The number of nitrogens with two attached hydrogens (primary N) is 3. The summed E-state index contributed by atoms with van der Waals surface area (Å²) in [6, 6.07) is 0. The maximum Gasteiger partial charge on any atom is 0.280 e. The second kappa shape index (κ2) is 3.23. The van der Waals surface area contributed by atoms with Gasteiger partial charge < -0.3 is 17.2 Å². The Morgan fingerprint density at radius 3 is 2.33 bits per heavy atom. The average Bonchev–Trinajstić information content (AvgIpc) is 2.26. The number of nitrogens with one attached hydrogen (secondary N) is 1. The Hall–Kier alpha value is -3.04. The minimum Gasteiger partial charge on any atom is -0.382 e. The third-order valence-corrected chi connectivity index (χ3v) is 2.24. The topological polar surface area (TPSA) is 175 Å². The van der Waals surface area contributed by atoms with Crippen molar-refractivity contribution >= 4 is 40.0 Å². The number of H-pyrrole nitrogens is 1. The number of rotatable bonds is 0. The Morgan fingerprint density at radius 1 is 0.833 bits per heavy atom. The van der Waals surface area contributed by atoms with Gasteiger partial charge in [0.25, 0.3) is 5.56 Å². The third-order valence-electron chi connectivity index (χ3n) is 2.24. The molecule has 18 heavy (non-hydrogen) atoms. The van der Waals surface area contributed by atoms with E-state index in [0.717, 1.165) is 0 Å². The third kappa shape index (κ3) is 1.36. The molecule has 0 fully saturated rings. The van der Waals surface area contributed by atoms with Crippen LogP contribution in [0.25, 0.3) is 22.3 Å². The molecule has 0 aliphatic carbocycles. The van der Waals surface area contributed by atoms with E-state index in [-0.39, 0.29) is 40.0 Å². The van der Waals surface area contributed by atoms with Crippen LogP contribution in [0.3, 0.4) is 0 Å². The summed E-state index contributed by atoms with van der Waals surface area (Å²) in [6.45, 7) is 0. The lowest BCUT2D eigenvalue weighted by atomic mass is 10.4. The Balaban J connectivity index is 2.55. The second-order valence-corrected chi connectivity index (χ2v) is 3.49. The van der Waals surface area contributed by atoms with Crippen LogP contribution in [-0.2, 0) is 0 Å². The van der Waals surface area contributed by atoms with Gasteiger partial charge in [-0.2, -0.15) is 15.0 Å². The number of anilines is 3. The summed E-state index contributed by atoms with van der Waals surface area (Å²) in [6.07, 6.45) is 0. The van der Waals surface area contributed by atoms with Gasteiger partial charge in [0, 0.05) is 0 Å². The molecular weight excluding hydrogens is 238 g/mol. The largest absolute Gasteiger partial charge is 0.382 e. The van der Waals surface area contributed by atoms with E-state index in [0.29, 0.717) is 0 Å². The summed E-state index contributed by atoms with van der Waals surface area (Å²) < 4.78 is 0. The SMILES string of the molecule is Nc1nc(N)c2nc3c(=O)[nH]c(N)nc3nc2n1. The van der Waals surface area contributed by atoms with Crippen LogP contribution in [0.15, 0.2) is 4.79 Å². The van der Waals surface area contributed by atoms with Gasteiger partial charge in [0.05, 0.1) is 0 Å². The number of hydrogen-bond acceptors (Lipinski definition) is 9. The summed E-state index contributed by atoms with van der Waals surface area (Å²) in [5.41, 5.74) is 16.4. The zero-order chi connectivity index (χ0) is 12.9. The average molecular weight is 245 g/mol. The molecule has 0 aromatic carbocycles. The molecule has 0 aliphatic heterocycles. The van der Waals surface area contributed by atoms with E-state index in [4.69, 9.17) is 17.2 Å². The number of hydrogen-bond donors (Lipinski definition) is 4. The minimum absolute atomic E-state index is 0.0109. The van der Waals surface area contributed by atoms with Crippen LogP contribution >= 0.6 is 0 Å². The zero-order valence-corrected chi connectivity index (χ0v) is 8.88. The lowest BCUT2D eigenvalue weighted by molar-refractivity contribution is 1.12. The Bertz CT molecular complexity index is 839. The van der Waals surface area contributed by atoms with Crippen molar-refractivity contribution in [1.29, 1.82) is 0 Å². The van der Waals surface area contributed by atoms with Gasteiger partial charge in [-0.25, -0.2) is 9.97 Å². The summed E-state index contributed by atoms with van der Waals surface area (Å²) >= 11 is 0. The first-order valence-corrected chi connectivity index (χ1v) is 4.81. The Labute approximate surface area is 98.3 Å². The summed E-state index contributed by atoms with van der Waals surface area (Å²) in [4.78, 5) is 33.5. The fourth-order valence-electron chi connectivity index (χ4n) is 1.53. The van der Waals surface area contributed by atoms with E-state index in [2.05, 4.69) is 29.9 Å². The van der Waals surface area contributed by atoms with Crippen molar-refractivity contribution < 1.29 is 0 Å². The van der Waals surface area contributed by atoms with Crippen molar-refractivity contribution in [1.82, 2.24) is 29.9 Å². The van der Waals surface area contributed by atoms with Gasteiger partial charge in [-0.15, -0.1) is 0 Å². The van der Waals surface area contributed by atoms with Gasteiger partial charge in [-0.3, -0.25) is 9.78 Å². The van der Waals surface area contributed by atoms with E-state index in [1.807, 2.05) is 0 Å². The standard InChI is InChI=1S/C8H7N9O/c9-3-1-4(15-7(10)13-3)14-5-2(12-1)6(18)17-8(11)16-5/h(H7,9,10,11,13,14,15,16,17,18). The maximum atomic E-state index is 11.6. The van der Waals surface area contributed by atoms with E-state index in [1.165, 1.54) is 0 Å². The van der Waals surface area contributed by atoms with Gasteiger partial charge >= 0.3 is 0 Å². The van der Waals surface area contributed by atoms with Crippen LogP contribution in [-0.4, -0.2) is 29.9 Å². The van der Waals surface area contributed by atoms with E-state index >= 15 is 0 Å². The van der Waals surface area contributed by atoms with Crippen LogP contribution < -0.4 is 22.8 Å². The molecular formula is C8H7N9O. The van der Waals surface area contributed by atoms with Gasteiger partial charge in [0.15, 0.2) is 28.1 Å². The normalized spacial score (nSPS) is 11.1. The quantitative estimate of drug-likeness (QED) is 0.340. The summed E-state index contributed by atoms with van der Waals surface area (Å²) in [7, 11) is 0. The lowest BCUT2D eigenvalue weighted by Gasteiger charge is -2.02. The number of aromatic amines is 1. The predicted octanol–water partition coefficient (Wildman–Crippen LogP) is -1.60. The number of aromatic nitrogens is 6. The first-order chi connectivity index (χ1) is 8.54. The van der Waals surface area contributed by atoms with E-state index < -0.39 is 5.56 Å². The molecule has 0 saturated carbocycles. The highest BCUT2D eigenvalue weighted by molar-refractivity contribution is 5.88. The van der Waals surface area contributed by atoms with Crippen molar-refractivity contribution in [2.45, 2.75) is 0 Å². The minimum atomic E-state index is -0.511. The fourth-order valence-corrected chi connectivity index (χ4v) is 1.53. The van der Waals surface area contributed by atoms with Crippen molar-refractivity contribution in [2.24, 2.45) is 0 Å². The molecule has 0 aliphatic rings. The van der Waals surface area contributed by atoms with Gasteiger partial charge in [0.2, 0.25) is 11.9 Å². The molecule has 0 unspecified atom stereocenters. The van der Waals surface area contributed by atoms with Gasteiger partial charge in [0.1, 0.15) is 0 Å². The predicted molar refractivity (Wildman–Crippen MR) is 64.3 cm³/mol. The van der Waals surface area contributed by atoms with Crippen molar-refractivity contribution in [3.8, 4) is 0 Å². The molecule has 90 valence electrons. The number of fused-ring (bicyclic) bond motifs is 2. The molecule has 0 spiro atoms. The van der Waals surface area contributed by atoms with Crippen molar-refractivity contribution in [3.63, 3.8) is 0 Å². The molecule has 3 aromatic rings. The Kier molecular flexibility index (Phi) is 1.82. The molecule has 0 saturated heterocycles. The molecule has 3 heterocycles. The van der Waals surface area contributed by atoms with Gasteiger partial charge in [-0.05, 0) is 0 Å². The van der Waals surface area contributed by atoms with Crippen LogP contribution in [0.5, 0.6) is 0 Å². The van der Waals surface area contributed by atoms with Crippen LogP contribution in [0.1, 0.15) is 0 Å². The molecule has 3 aromatic heterocycles. The molecule has 0 atom stereocenters. The molecule has 3 rings (SSSR count). The first-order valence-electron chi connectivity index (χ1n) is 4.81. The number of nitrogens with zero attached hydrogens (tertiary/aromatic N) is 5. The second-order valence-electron chi connectivity index (χ2n) is 3.49. The lowest BCUT2D eigenvalue weighted by Crippen LogP contribution is -2.14. The maximum absolute atomic E-state index is 11.6. The van der Waals surface area contributed by atoms with Crippen LogP contribution in [0.4, 0.5) is 17.7 Å². The molecule has 10 nitrogen and oxygen atoms in total. The van der Waals surface area contributed by atoms with Crippen LogP contribution in [0, 0.1) is 0 Å². The highest BCUT2D eigenvalue weighted by atomic mass is 16.1. The zero-order valence-electron chi connectivity index (χ0n) is 8.88. The molecule has 10 heteroatoms. The summed E-state index contributed by atoms with van der Waals surface area (Å²) in [5, 5.41) is 0. The van der Waals surface area contributed by atoms with E-state index in [1.54, 1.807) is 0 Å². The van der Waals surface area contributed by atoms with Gasteiger partial charge in [-0.1, -0.05) is 0 Å². The first kappa shape index (κ1) is 10.1. The van der Waals surface area contributed by atoms with Crippen LogP contribution in [0.2, 0.25) is 0 Å². The molecule has 0 amide bonds. The summed E-state index contributed by atoms with van der Waals surface area (Å²) in [5.74, 6) is -0.0502. The van der Waals surface area contributed by atoms with E-state index in [9.17, 15) is 4.79 Å². The molecule has 0 radical (unpaired) electrons.